The van der Waals surface area contributed by atoms with Gasteiger partial charge in [-0.3, -0.25) is 24.2 Å². The highest BCUT2D eigenvalue weighted by Gasteiger charge is 2.76. The van der Waals surface area contributed by atoms with Crippen molar-refractivity contribution in [2.75, 3.05) is 38.8 Å². The summed E-state index contributed by atoms with van der Waals surface area (Å²) in [5.74, 6) is 0.365. The van der Waals surface area contributed by atoms with Crippen LogP contribution >= 0.6 is 0 Å². The molecule has 5 aromatic rings. The number of carbonyl (C=O) groups excluding carboxylic acids is 4. The average molecular weight is 905 g/mol. The van der Waals surface area contributed by atoms with E-state index in [4.69, 9.17) is 14.2 Å². The maximum Gasteiger partial charge on any atom is 0.329 e. The number of hydrogen-bond acceptors (Lipinski definition) is 11. The van der Waals surface area contributed by atoms with Crippen LogP contribution in [0.3, 0.4) is 0 Å². The number of aliphatic carboxylic acids is 1. The minimum Gasteiger partial charge on any atom is -0.491 e. The number of methoxy groups -OCH3 is 1. The summed E-state index contributed by atoms with van der Waals surface area (Å²) in [6, 6.07) is 33.9. The Morgan fingerprint density at radius 3 is 2.15 bits per heavy atom. The monoisotopic (exact) mass is 904 g/mol. The van der Waals surface area contributed by atoms with Crippen molar-refractivity contribution >= 4 is 35.5 Å². The number of anilines is 1. The molecule has 344 valence electrons. The zero-order chi connectivity index (χ0) is 47.4. The molecule has 7 atom stereocenters. The lowest BCUT2D eigenvalue weighted by Gasteiger charge is -2.46. The van der Waals surface area contributed by atoms with Gasteiger partial charge < -0.3 is 29.7 Å². The first-order valence-electron chi connectivity index (χ1n) is 22.1. The van der Waals surface area contributed by atoms with E-state index in [9.17, 15) is 29.4 Å². The summed E-state index contributed by atoms with van der Waals surface area (Å²) in [5, 5.41) is 24.1. The number of benzene rings is 5. The zero-order valence-electron chi connectivity index (χ0n) is 37.6. The molecule has 3 amide bonds. The molecule has 3 aliphatic rings. The summed E-state index contributed by atoms with van der Waals surface area (Å²) in [7, 11) is 3.13. The highest BCUT2D eigenvalue weighted by atomic mass is 16.6. The summed E-state index contributed by atoms with van der Waals surface area (Å²) >= 11 is 0. The lowest BCUT2D eigenvalue weighted by molar-refractivity contribution is -0.179. The SMILES string of the molecule is COC(=O)[C@@H](NC(=O)N1C(=O)[C@@]2(c3cc(C#CCN(C)Cc4ccccc4)ccc31)[C@H](c1cccc(OCCO)c1)N1[C@H](c3ccccc3)[C@H](c3ccccc3)OC(=O)[C@H]1[C@@H]2C(=O)O)C(C)C. The van der Waals surface area contributed by atoms with Crippen molar-refractivity contribution in [1.82, 2.24) is 15.1 Å². The number of aliphatic hydroxyl groups is 1. The van der Waals surface area contributed by atoms with Gasteiger partial charge in [-0.25, -0.2) is 14.5 Å². The molecule has 0 saturated carbocycles. The minimum absolute atomic E-state index is 0.0506. The first-order chi connectivity index (χ1) is 32.4. The van der Waals surface area contributed by atoms with E-state index in [0.717, 1.165) is 10.5 Å². The predicted octanol–water partition coefficient (Wildman–Crippen LogP) is 6.20. The number of cyclic esters (lactones) is 1. The molecule has 0 unspecified atom stereocenters. The number of nitrogens with one attached hydrogen (secondary N) is 1. The molecule has 5 aromatic carbocycles. The number of carboxylic acids is 1. The molecule has 0 radical (unpaired) electrons. The van der Waals surface area contributed by atoms with Crippen molar-refractivity contribution in [2.45, 2.75) is 56.1 Å². The fraction of sp³-hybridized carbons (Fsp3) is 0.302. The van der Waals surface area contributed by atoms with Crippen LogP contribution in [-0.4, -0.2) is 95.9 Å². The maximum atomic E-state index is 16.2. The summed E-state index contributed by atoms with van der Waals surface area (Å²) < 4.78 is 17.3. The van der Waals surface area contributed by atoms with E-state index in [2.05, 4.69) is 17.2 Å². The number of carbonyl (C=O) groups is 5. The number of urea groups is 1. The lowest BCUT2D eigenvalue weighted by atomic mass is 9.65. The Labute approximate surface area is 389 Å². The largest absolute Gasteiger partial charge is 0.491 e. The molecule has 3 heterocycles. The number of nitrogens with zero attached hydrogens (tertiary/aromatic N) is 3. The standard InChI is InChI=1S/C53H52N4O10/c1-33(2)43(49(61)65-4)54-52(64)56-41-26-25-34(18-15-27-55(3)32-35-16-8-5-9-17-35)30-40(41)53(51(56)63)42(48(59)60)45-50(62)67-46(37-21-12-7-13-22-37)44(36-19-10-6-11-20-36)57(45)47(53)38-23-14-24-39(31-38)66-29-28-58/h5-14,16-17,19-26,30-31,33,42-47,58H,27-29,32H2,1-4H3,(H,54,64)(H,59,60)/t42-,43+,44-,45-,46+,47+,53-/m1/s1. The van der Waals surface area contributed by atoms with Crippen molar-refractivity contribution in [3.63, 3.8) is 0 Å². The van der Waals surface area contributed by atoms with E-state index < -0.39 is 77.4 Å². The molecule has 14 heteroatoms. The number of ether oxygens (including phenoxy) is 3. The molecule has 67 heavy (non-hydrogen) atoms. The van der Waals surface area contributed by atoms with Crippen LogP contribution in [0, 0.1) is 23.7 Å². The van der Waals surface area contributed by atoms with Crippen molar-refractivity contribution in [3.8, 4) is 17.6 Å². The van der Waals surface area contributed by atoms with Crippen LogP contribution < -0.4 is 15.0 Å². The quantitative estimate of drug-likeness (QED) is 0.0904. The Kier molecular flexibility index (Phi) is 13.6. The summed E-state index contributed by atoms with van der Waals surface area (Å²) in [4.78, 5) is 78.2. The third-order valence-corrected chi connectivity index (χ3v) is 12.7. The first kappa shape index (κ1) is 46.2. The number of fused-ring (bicyclic) bond motifs is 3. The van der Waals surface area contributed by atoms with E-state index in [1.807, 2.05) is 103 Å². The van der Waals surface area contributed by atoms with Crippen LogP contribution in [-0.2, 0) is 40.6 Å². The molecule has 3 N–H and O–H groups in total. The lowest BCUT2D eigenvalue weighted by Crippen LogP contribution is -2.56. The van der Waals surface area contributed by atoms with Gasteiger partial charge in [0.2, 0.25) is 5.91 Å². The van der Waals surface area contributed by atoms with E-state index in [0.29, 0.717) is 41.1 Å². The van der Waals surface area contributed by atoms with Gasteiger partial charge in [0, 0.05) is 12.1 Å². The van der Waals surface area contributed by atoms with Crippen LogP contribution in [0.4, 0.5) is 10.5 Å². The number of amides is 3. The Hall–Kier alpha value is -7.31. The second kappa shape index (κ2) is 19.7. The number of imide groups is 1. The molecule has 2 fully saturated rings. The van der Waals surface area contributed by atoms with Crippen molar-refractivity contribution in [3.05, 3.63) is 167 Å². The van der Waals surface area contributed by atoms with Gasteiger partial charge in [-0.05, 0) is 71.1 Å². The van der Waals surface area contributed by atoms with E-state index in [-0.39, 0.29) is 24.5 Å². The summed E-state index contributed by atoms with van der Waals surface area (Å²) in [6.07, 6.45) is -0.986. The maximum absolute atomic E-state index is 16.2. The third-order valence-electron chi connectivity index (χ3n) is 12.7. The number of aliphatic hydroxyl groups excluding tert-OH is 1. The van der Waals surface area contributed by atoms with Crippen molar-refractivity contribution in [1.29, 1.82) is 0 Å². The molecule has 8 rings (SSSR count). The summed E-state index contributed by atoms with van der Waals surface area (Å²) in [6.45, 7) is 4.05. The van der Waals surface area contributed by atoms with Gasteiger partial charge in [-0.1, -0.05) is 129 Å². The van der Waals surface area contributed by atoms with Gasteiger partial charge in [0.1, 0.15) is 41.9 Å². The number of rotatable bonds is 13. The Morgan fingerprint density at radius 1 is 0.851 bits per heavy atom. The van der Waals surface area contributed by atoms with Gasteiger partial charge in [-0.2, -0.15) is 0 Å². The molecule has 14 nitrogen and oxygen atoms in total. The van der Waals surface area contributed by atoms with E-state index in [1.54, 1.807) is 61.2 Å². The molecular formula is C53H52N4O10. The summed E-state index contributed by atoms with van der Waals surface area (Å²) in [5.41, 5.74) is 1.17. The minimum atomic E-state index is -2.24. The zero-order valence-corrected chi connectivity index (χ0v) is 37.6. The normalized spacial score (nSPS) is 22.4. The van der Waals surface area contributed by atoms with Gasteiger partial charge in [0.15, 0.2) is 0 Å². The molecule has 0 aromatic heterocycles. The van der Waals surface area contributed by atoms with Crippen molar-refractivity contribution in [2.24, 2.45) is 11.8 Å². The fourth-order valence-corrected chi connectivity index (χ4v) is 9.95. The molecule has 0 aliphatic carbocycles. The van der Waals surface area contributed by atoms with Gasteiger partial charge in [0.25, 0.3) is 0 Å². The topological polar surface area (TPSA) is 175 Å². The van der Waals surface area contributed by atoms with E-state index in [1.165, 1.54) is 7.11 Å². The van der Waals surface area contributed by atoms with Crippen molar-refractivity contribution < 1.29 is 48.4 Å². The second-order valence-electron chi connectivity index (χ2n) is 17.3. The smallest absolute Gasteiger partial charge is 0.329 e. The average Bonchev–Trinajstić information content (AvgIpc) is 3.79. The Morgan fingerprint density at radius 2 is 1.51 bits per heavy atom. The van der Waals surface area contributed by atoms with E-state index >= 15 is 4.79 Å². The van der Waals surface area contributed by atoms with Crippen LogP contribution in [0.15, 0.2) is 133 Å². The van der Waals surface area contributed by atoms with Crippen LogP contribution in [0.25, 0.3) is 0 Å². The Balaban J connectivity index is 1.38. The molecule has 1 spiro atoms. The molecule has 0 bridgehead atoms. The predicted molar refractivity (Wildman–Crippen MR) is 247 cm³/mol. The molecule has 2 saturated heterocycles. The second-order valence-corrected chi connectivity index (χ2v) is 17.3. The molecule has 3 aliphatic heterocycles. The first-order valence-corrected chi connectivity index (χ1v) is 22.1. The van der Waals surface area contributed by atoms with Gasteiger partial charge >= 0.3 is 23.9 Å². The third kappa shape index (κ3) is 8.65. The number of carboxylic acid groups (broad SMARTS) is 1. The number of morpholine rings is 1. The highest BCUT2D eigenvalue weighted by Crippen LogP contribution is 2.66. The number of esters is 2. The Bertz CT molecular complexity index is 2710. The van der Waals surface area contributed by atoms with Gasteiger partial charge in [-0.15, -0.1) is 0 Å². The van der Waals surface area contributed by atoms with Gasteiger partial charge in [0.05, 0.1) is 38.0 Å². The number of hydrogen-bond donors (Lipinski definition) is 3. The fourth-order valence-electron chi connectivity index (χ4n) is 9.95. The molecular weight excluding hydrogens is 853 g/mol. The van der Waals surface area contributed by atoms with Crippen LogP contribution in [0.2, 0.25) is 0 Å². The van der Waals surface area contributed by atoms with Crippen LogP contribution in [0.5, 0.6) is 5.75 Å². The highest BCUT2D eigenvalue weighted by molar-refractivity contribution is 6.24. The van der Waals surface area contributed by atoms with Crippen LogP contribution in [0.1, 0.15) is 65.4 Å².